The molecule has 0 N–H and O–H groups in total. The van der Waals surface area contributed by atoms with Crippen LogP contribution in [0.3, 0.4) is 0 Å². The molecule has 1 fully saturated rings. The molecule has 0 radical (unpaired) electrons. The van der Waals surface area contributed by atoms with Gasteiger partial charge in [-0.1, -0.05) is 0 Å². The average Bonchev–Trinajstić information content (AvgIpc) is 2.78. The first-order valence-electron chi connectivity index (χ1n) is 4.88. The fraction of sp³-hybridized carbons (Fsp3) is 0.667. The minimum Gasteiger partial charge on any atom is -0.463 e. The molecular formula is C9H13N3O3. The molecule has 1 atom stereocenters. The van der Waals surface area contributed by atoms with Gasteiger partial charge in [0.1, 0.15) is 6.33 Å². The fourth-order valence-corrected chi connectivity index (χ4v) is 1.57. The topological polar surface area (TPSA) is 66.2 Å². The molecule has 2 rings (SSSR count). The Morgan fingerprint density at radius 1 is 1.73 bits per heavy atom. The Morgan fingerprint density at radius 3 is 3.27 bits per heavy atom. The van der Waals surface area contributed by atoms with Crippen molar-refractivity contribution in [3.63, 3.8) is 0 Å². The van der Waals surface area contributed by atoms with Gasteiger partial charge in [0.2, 0.25) is 0 Å². The highest BCUT2D eigenvalue weighted by Crippen LogP contribution is 2.17. The number of ether oxygens (including phenoxy) is 2. The van der Waals surface area contributed by atoms with Crippen molar-refractivity contribution in [2.75, 3.05) is 20.3 Å². The number of hydrogen-bond donors (Lipinski definition) is 0. The standard InChI is InChI=1S/C9H13N3O3/c1-14-9(13)8-10-6-12(11-8)7-3-2-4-15-5-7/h6-7H,2-5H2,1H3. The summed E-state index contributed by atoms with van der Waals surface area (Å²) in [5.41, 5.74) is 0. The molecule has 0 aromatic carbocycles. The Balaban J connectivity index is 2.08. The Hall–Kier alpha value is -1.43. The number of esters is 1. The lowest BCUT2D eigenvalue weighted by molar-refractivity contribution is 0.0527. The molecule has 0 aliphatic carbocycles. The maximum Gasteiger partial charge on any atom is 0.377 e. The van der Waals surface area contributed by atoms with E-state index in [1.165, 1.54) is 7.11 Å². The Bertz CT molecular complexity index is 344. The van der Waals surface area contributed by atoms with E-state index in [-0.39, 0.29) is 11.9 Å². The van der Waals surface area contributed by atoms with E-state index in [0.717, 1.165) is 19.4 Å². The number of methoxy groups -OCH3 is 1. The number of carbonyl (C=O) groups excluding carboxylic acids is 1. The Kier molecular flexibility index (Phi) is 2.96. The van der Waals surface area contributed by atoms with Crippen molar-refractivity contribution in [1.82, 2.24) is 14.8 Å². The molecule has 0 spiro atoms. The van der Waals surface area contributed by atoms with E-state index in [1.807, 2.05) is 0 Å². The lowest BCUT2D eigenvalue weighted by Crippen LogP contribution is -2.22. The third kappa shape index (κ3) is 2.15. The Labute approximate surface area is 87.2 Å². The van der Waals surface area contributed by atoms with Crippen molar-refractivity contribution >= 4 is 5.97 Å². The molecule has 1 aromatic rings. The van der Waals surface area contributed by atoms with Crippen molar-refractivity contribution in [3.8, 4) is 0 Å². The summed E-state index contributed by atoms with van der Waals surface area (Å²) in [5.74, 6) is -0.409. The lowest BCUT2D eigenvalue weighted by atomic mass is 10.1. The van der Waals surface area contributed by atoms with Crippen LogP contribution in [0.2, 0.25) is 0 Å². The van der Waals surface area contributed by atoms with E-state index in [0.29, 0.717) is 6.61 Å². The van der Waals surface area contributed by atoms with Gasteiger partial charge in [-0.3, -0.25) is 0 Å². The van der Waals surface area contributed by atoms with Gasteiger partial charge < -0.3 is 9.47 Å². The van der Waals surface area contributed by atoms with Crippen LogP contribution in [0.1, 0.15) is 29.5 Å². The third-order valence-electron chi connectivity index (χ3n) is 2.39. The van der Waals surface area contributed by atoms with Crippen molar-refractivity contribution < 1.29 is 14.3 Å². The van der Waals surface area contributed by atoms with Gasteiger partial charge in [0.25, 0.3) is 5.82 Å². The molecule has 6 heteroatoms. The molecule has 1 aliphatic rings. The largest absolute Gasteiger partial charge is 0.463 e. The summed E-state index contributed by atoms with van der Waals surface area (Å²) in [5, 5.41) is 4.06. The van der Waals surface area contributed by atoms with Crippen LogP contribution in [0.5, 0.6) is 0 Å². The molecule has 0 bridgehead atoms. The summed E-state index contributed by atoms with van der Waals surface area (Å²) >= 11 is 0. The predicted molar refractivity (Wildman–Crippen MR) is 50.5 cm³/mol. The minimum absolute atomic E-state index is 0.100. The number of rotatable bonds is 2. The first kappa shape index (κ1) is 10.1. The molecule has 1 aromatic heterocycles. The average molecular weight is 211 g/mol. The molecule has 15 heavy (non-hydrogen) atoms. The van der Waals surface area contributed by atoms with Crippen LogP contribution in [-0.2, 0) is 9.47 Å². The van der Waals surface area contributed by atoms with Crippen molar-refractivity contribution in [1.29, 1.82) is 0 Å². The quantitative estimate of drug-likeness (QED) is 0.663. The van der Waals surface area contributed by atoms with Gasteiger partial charge in [-0.2, -0.15) is 0 Å². The zero-order valence-electron chi connectivity index (χ0n) is 8.55. The SMILES string of the molecule is COC(=O)c1ncn(C2CCCOC2)n1. The number of aromatic nitrogens is 3. The van der Waals surface area contributed by atoms with Crippen molar-refractivity contribution in [2.24, 2.45) is 0 Å². The highest BCUT2D eigenvalue weighted by molar-refractivity contribution is 5.84. The van der Waals surface area contributed by atoms with Gasteiger partial charge in [0, 0.05) is 6.61 Å². The van der Waals surface area contributed by atoms with E-state index in [9.17, 15) is 4.79 Å². The fourth-order valence-electron chi connectivity index (χ4n) is 1.57. The Morgan fingerprint density at radius 2 is 2.60 bits per heavy atom. The van der Waals surface area contributed by atoms with Gasteiger partial charge in [-0.05, 0) is 12.8 Å². The summed E-state index contributed by atoms with van der Waals surface area (Å²) < 4.78 is 11.5. The van der Waals surface area contributed by atoms with E-state index in [2.05, 4.69) is 14.8 Å². The highest BCUT2D eigenvalue weighted by atomic mass is 16.5. The zero-order chi connectivity index (χ0) is 10.7. The molecule has 6 nitrogen and oxygen atoms in total. The summed E-state index contributed by atoms with van der Waals surface area (Å²) in [4.78, 5) is 15.0. The molecule has 1 saturated heterocycles. The predicted octanol–water partition coefficient (Wildman–Crippen LogP) is 0.416. The summed E-state index contributed by atoms with van der Waals surface area (Å²) in [6.45, 7) is 1.43. The summed E-state index contributed by atoms with van der Waals surface area (Å²) in [6, 6.07) is 0.185. The van der Waals surface area contributed by atoms with E-state index >= 15 is 0 Å². The van der Waals surface area contributed by atoms with Crippen LogP contribution in [-0.4, -0.2) is 41.1 Å². The van der Waals surface area contributed by atoms with Gasteiger partial charge >= 0.3 is 5.97 Å². The maximum absolute atomic E-state index is 11.1. The summed E-state index contributed by atoms with van der Waals surface area (Å²) in [7, 11) is 1.31. The van der Waals surface area contributed by atoms with E-state index in [4.69, 9.17) is 4.74 Å². The normalized spacial score (nSPS) is 21.3. The van der Waals surface area contributed by atoms with E-state index in [1.54, 1.807) is 11.0 Å². The smallest absolute Gasteiger partial charge is 0.377 e. The monoisotopic (exact) mass is 211 g/mol. The molecular weight excluding hydrogens is 198 g/mol. The van der Waals surface area contributed by atoms with Crippen LogP contribution in [0.25, 0.3) is 0 Å². The highest BCUT2D eigenvalue weighted by Gasteiger charge is 2.19. The molecule has 1 unspecified atom stereocenters. The molecule has 0 saturated carbocycles. The maximum atomic E-state index is 11.1. The van der Waals surface area contributed by atoms with Crippen LogP contribution in [0.15, 0.2) is 6.33 Å². The van der Waals surface area contributed by atoms with E-state index < -0.39 is 5.97 Å². The van der Waals surface area contributed by atoms with Gasteiger partial charge in [-0.15, -0.1) is 5.10 Å². The molecule has 82 valence electrons. The third-order valence-corrected chi connectivity index (χ3v) is 2.39. The molecule has 0 amide bonds. The van der Waals surface area contributed by atoms with Gasteiger partial charge in [0.05, 0.1) is 19.8 Å². The van der Waals surface area contributed by atoms with Crippen LogP contribution < -0.4 is 0 Å². The van der Waals surface area contributed by atoms with Crippen LogP contribution in [0, 0.1) is 0 Å². The van der Waals surface area contributed by atoms with Gasteiger partial charge in [0.15, 0.2) is 0 Å². The van der Waals surface area contributed by atoms with Crippen molar-refractivity contribution in [2.45, 2.75) is 18.9 Å². The zero-order valence-corrected chi connectivity index (χ0v) is 8.55. The number of carbonyl (C=O) groups is 1. The molecule has 2 heterocycles. The number of nitrogens with zero attached hydrogens (tertiary/aromatic N) is 3. The number of hydrogen-bond acceptors (Lipinski definition) is 5. The van der Waals surface area contributed by atoms with Gasteiger partial charge in [-0.25, -0.2) is 14.5 Å². The summed E-state index contributed by atoms with van der Waals surface area (Å²) in [6.07, 6.45) is 3.56. The second kappa shape index (κ2) is 4.39. The first-order chi connectivity index (χ1) is 7.31. The van der Waals surface area contributed by atoms with Crippen molar-refractivity contribution in [3.05, 3.63) is 12.2 Å². The van der Waals surface area contributed by atoms with Crippen LogP contribution >= 0.6 is 0 Å². The first-order valence-corrected chi connectivity index (χ1v) is 4.88. The minimum atomic E-state index is -0.509. The van der Waals surface area contributed by atoms with Crippen LogP contribution in [0.4, 0.5) is 0 Å². The lowest BCUT2D eigenvalue weighted by Gasteiger charge is -2.21. The molecule has 1 aliphatic heterocycles. The second-order valence-electron chi connectivity index (χ2n) is 3.41. The second-order valence-corrected chi connectivity index (χ2v) is 3.41.